The van der Waals surface area contributed by atoms with Crippen LogP contribution in [0.1, 0.15) is 28.0 Å². The number of fused-ring (bicyclic) bond motifs is 2. The van der Waals surface area contributed by atoms with Gasteiger partial charge in [-0.3, -0.25) is 14.2 Å². The van der Waals surface area contributed by atoms with E-state index in [0.29, 0.717) is 17.1 Å². The number of carbonyl (C=O) groups excluding carboxylic acids is 1. The van der Waals surface area contributed by atoms with Gasteiger partial charge in [-0.1, -0.05) is 23.9 Å². The first-order valence-electron chi connectivity index (χ1n) is 9.64. The third-order valence-electron chi connectivity index (χ3n) is 5.28. The van der Waals surface area contributed by atoms with Gasteiger partial charge in [0, 0.05) is 17.1 Å². The van der Waals surface area contributed by atoms with Crippen molar-refractivity contribution >= 4 is 44.9 Å². The van der Waals surface area contributed by atoms with Crippen LogP contribution in [0.15, 0.2) is 40.8 Å². The van der Waals surface area contributed by atoms with Crippen LogP contribution in [-0.2, 0) is 24.2 Å². The van der Waals surface area contributed by atoms with Crippen molar-refractivity contribution < 1.29 is 4.79 Å². The summed E-state index contributed by atoms with van der Waals surface area (Å²) >= 11 is 2.80. The number of aryl methyl sites for hydroxylation is 4. The fraction of sp³-hybridized carbons (Fsp3) is 0.318. The lowest BCUT2D eigenvalue weighted by Gasteiger charge is -2.11. The molecule has 3 aromatic rings. The molecule has 1 amide bonds. The van der Waals surface area contributed by atoms with E-state index in [1.165, 1.54) is 40.6 Å². The highest BCUT2D eigenvalue weighted by molar-refractivity contribution is 7.99. The molecule has 1 aliphatic carbocycles. The van der Waals surface area contributed by atoms with E-state index in [1.807, 2.05) is 19.9 Å². The van der Waals surface area contributed by atoms with Gasteiger partial charge in [0.05, 0.1) is 11.1 Å². The first kappa shape index (κ1) is 19.9. The second kappa shape index (κ2) is 8.16. The van der Waals surface area contributed by atoms with Crippen LogP contribution in [0.2, 0.25) is 0 Å². The van der Waals surface area contributed by atoms with E-state index >= 15 is 0 Å². The maximum atomic E-state index is 13.0. The SMILES string of the molecule is C=CCn1c(SCC(=O)Nc2ccc3c(c2)CCC3)nc2sc(C)c(C)c2c1=O. The van der Waals surface area contributed by atoms with Gasteiger partial charge in [-0.05, 0) is 61.9 Å². The second-order valence-corrected chi connectivity index (χ2v) is 9.38. The maximum Gasteiger partial charge on any atom is 0.263 e. The molecule has 0 saturated carbocycles. The Morgan fingerprint density at radius 3 is 2.93 bits per heavy atom. The first-order chi connectivity index (χ1) is 14.0. The van der Waals surface area contributed by atoms with Crippen LogP contribution < -0.4 is 10.9 Å². The average molecular weight is 426 g/mol. The molecule has 1 aliphatic rings. The number of anilines is 1. The summed E-state index contributed by atoms with van der Waals surface area (Å²) in [5, 5.41) is 4.18. The molecule has 0 bridgehead atoms. The fourth-order valence-electron chi connectivity index (χ4n) is 3.69. The van der Waals surface area contributed by atoms with Crippen LogP contribution in [0.3, 0.4) is 0 Å². The van der Waals surface area contributed by atoms with Crippen LogP contribution in [-0.4, -0.2) is 21.2 Å². The van der Waals surface area contributed by atoms with Gasteiger partial charge in [0.15, 0.2) is 5.16 Å². The number of nitrogens with zero attached hydrogens (tertiary/aromatic N) is 2. The Bertz CT molecular complexity index is 1180. The number of hydrogen-bond donors (Lipinski definition) is 1. The van der Waals surface area contributed by atoms with Crippen LogP contribution in [0.5, 0.6) is 0 Å². The van der Waals surface area contributed by atoms with E-state index in [2.05, 4.69) is 29.0 Å². The van der Waals surface area contributed by atoms with Gasteiger partial charge in [-0.2, -0.15) is 0 Å². The number of allylic oxidation sites excluding steroid dienone is 1. The van der Waals surface area contributed by atoms with Crippen molar-refractivity contribution in [2.45, 2.75) is 44.8 Å². The molecule has 0 aliphatic heterocycles. The number of nitrogens with one attached hydrogen (secondary N) is 1. The number of benzene rings is 1. The van der Waals surface area contributed by atoms with Crippen molar-refractivity contribution in [2.24, 2.45) is 0 Å². The lowest BCUT2D eigenvalue weighted by atomic mass is 10.1. The van der Waals surface area contributed by atoms with Crippen molar-refractivity contribution in [3.8, 4) is 0 Å². The highest BCUT2D eigenvalue weighted by atomic mass is 32.2. The normalized spacial score (nSPS) is 12.9. The zero-order valence-corrected chi connectivity index (χ0v) is 18.2. The maximum absolute atomic E-state index is 13.0. The van der Waals surface area contributed by atoms with Gasteiger partial charge >= 0.3 is 0 Å². The van der Waals surface area contributed by atoms with Crippen molar-refractivity contribution in [1.82, 2.24) is 9.55 Å². The number of carbonyl (C=O) groups is 1. The number of amides is 1. The summed E-state index contributed by atoms with van der Waals surface area (Å²) in [4.78, 5) is 32.0. The van der Waals surface area contributed by atoms with Crippen molar-refractivity contribution in [3.63, 3.8) is 0 Å². The van der Waals surface area contributed by atoms with Gasteiger partial charge in [0.1, 0.15) is 4.83 Å². The lowest BCUT2D eigenvalue weighted by molar-refractivity contribution is -0.113. The number of aromatic nitrogens is 2. The molecule has 1 N–H and O–H groups in total. The second-order valence-electron chi connectivity index (χ2n) is 7.24. The van der Waals surface area contributed by atoms with Gasteiger partial charge in [0.25, 0.3) is 5.56 Å². The van der Waals surface area contributed by atoms with Crippen molar-refractivity contribution in [1.29, 1.82) is 0 Å². The Morgan fingerprint density at radius 2 is 2.14 bits per heavy atom. The van der Waals surface area contributed by atoms with Crippen LogP contribution >= 0.6 is 23.1 Å². The molecule has 150 valence electrons. The predicted molar refractivity (Wildman–Crippen MR) is 121 cm³/mol. The van der Waals surface area contributed by atoms with Gasteiger partial charge in [-0.25, -0.2) is 4.98 Å². The molecule has 29 heavy (non-hydrogen) atoms. The third kappa shape index (κ3) is 3.89. The number of thiophene rings is 1. The molecule has 2 heterocycles. The van der Waals surface area contributed by atoms with E-state index in [1.54, 1.807) is 10.6 Å². The summed E-state index contributed by atoms with van der Waals surface area (Å²) in [6.45, 7) is 8.06. The van der Waals surface area contributed by atoms with E-state index in [4.69, 9.17) is 0 Å². The Kier molecular flexibility index (Phi) is 5.61. The van der Waals surface area contributed by atoms with Crippen LogP contribution in [0, 0.1) is 13.8 Å². The topological polar surface area (TPSA) is 64.0 Å². The standard InChI is InChI=1S/C22H23N3O2S2/c1-4-10-25-21(27)19-13(2)14(3)29-20(19)24-22(25)28-12-18(26)23-17-9-8-15-6-5-7-16(15)11-17/h4,8-9,11H,1,5-7,10,12H2,2-3H3,(H,23,26). The summed E-state index contributed by atoms with van der Waals surface area (Å²) in [6.07, 6.45) is 5.05. The highest BCUT2D eigenvalue weighted by Gasteiger charge is 2.17. The molecule has 0 radical (unpaired) electrons. The molecule has 0 atom stereocenters. The van der Waals surface area contributed by atoms with Gasteiger partial charge < -0.3 is 5.32 Å². The molecule has 0 spiro atoms. The molecule has 7 heteroatoms. The van der Waals surface area contributed by atoms with E-state index in [9.17, 15) is 9.59 Å². The minimum atomic E-state index is -0.106. The summed E-state index contributed by atoms with van der Waals surface area (Å²) < 4.78 is 1.60. The first-order valence-corrected chi connectivity index (χ1v) is 11.4. The zero-order valence-electron chi connectivity index (χ0n) is 16.6. The van der Waals surface area contributed by atoms with Crippen LogP contribution in [0.25, 0.3) is 10.2 Å². The third-order valence-corrected chi connectivity index (χ3v) is 7.36. The molecule has 0 saturated heterocycles. The van der Waals surface area contributed by atoms with Crippen LogP contribution in [0.4, 0.5) is 5.69 Å². The van der Waals surface area contributed by atoms with Crippen molar-refractivity contribution in [3.05, 3.63) is 62.8 Å². The molecular formula is C22H23N3O2S2. The Morgan fingerprint density at radius 1 is 1.34 bits per heavy atom. The monoisotopic (exact) mass is 425 g/mol. The molecule has 5 nitrogen and oxygen atoms in total. The number of hydrogen-bond acceptors (Lipinski definition) is 5. The van der Waals surface area contributed by atoms with Gasteiger partial charge in [-0.15, -0.1) is 17.9 Å². The fourth-order valence-corrected chi connectivity index (χ4v) is 5.56. The molecule has 0 unspecified atom stereocenters. The predicted octanol–water partition coefficient (Wildman–Crippen LogP) is 4.48. The Balaban J connectivity index is 1.54. The summed E-state index contributed by atoms with van der Waals surface area (Å²) in [6, 6.07) is 6.13. The minimum absolute atomic E-state index is 0.0710. The minimum Gasteiger partial charge on any atom is -0.325 e. The zero-order chi connectivity index (χ0) is 20.5. The largest absolute Gasteiger partial charge is 0.325 e. The van der Waals surface area contributed by atoms with Gasteiger partial charge in [0.2, 0.25) is 5.91 Å². The molecular weight excluding hydrogens is 402 g/mol. The quantitative estimate of drug-likeness (QED) is 0.359. The number of thioether (sulfide) groups is 1. The summed E-state index contributed by atoms with van der Waals surface area (Å²) in [7, 11) is 0. The summed E-state index contributed by atoms with van der Waals surface area (Å²) in [5.74, 6) is 0.0844. The Labute approximate surface area is 177 Å². The molecule has 4 rings (SSSR count). The van der Waals surface area contributed by atoms with E-state index in [-0.39, 0.29) is 17.2 Å². The highest BCUT2D eigenvalue weighted by Crippen LogP contribution is 2.29. The number of rotatable bonds is 6. The summed E-state index contributed by atoms with van der Waals surface area (Å²) in [5.41, 5.74) is 4.44. The molecule has 2 aromatic heterocycles. The smallest absolute Gasteiger partial charge is 0.263 e. The molecule has 1 aromatic carbocycles. The molecule has 0 fully saturated rings. The van der Waals surface area contributed by atoms with E-state index in [0.717, 1.165) is 33.8 Å². The van der Waals surface area contributed by atoms with Crippen molar-refractivity contribution in [2.75, 3.05) is 11.1 Å². The average Bonchev–Trinajstić information content (AvgIpc) is 3.27. The Hall–Kier alpha value is -2.38. The lowest BCUT2D eigenvalue weighted by Crippen LogP contribution is -2.23. The van der Waals surface area contributed by atoms with E-state index < -0.39 is 0 Å².